The molecule has 0 unspecified atom stereocenters. The molecule has 1 rings (SSSR count). The van der Waals surface area contributed by atoms with Gasteiger partial charge in [-0.25, -0.2) is 14.8 Å². The lowest BCUT2D eigenvalue weighted by Crippen LogP contribution is -2.07. The van der Waals surface area contributed by atoms with Gasteiger partial charge in [0.1, 0.15) is 5.69 Å². The first-order valence-electron chi connectivity index (χ1n) is 8.89. The molecule has 0 saturated heterocycles. The zero-order valence-electron chi connectivity index (χ0n) is 15.3. The van der Waals surface area contributed by atoms with Gasteiger partial charge in [-0.15, -0.1) is 6.42 Å². The standard InChI is InChI=1S/C20H30N2O2/c1-5-17-16(15-21-18(22-17)19(23)24)13-11-9-7-6-8-10-12-14-20(2,3)4/h1,15H,6-14H2,2-4H3,(H,23,24). The van der Waals surface area contributed by atoms with E-state index in [0.717, 1.165) is 24.8 Å². The zero-order chi connectivity index (χ0) is 18.0. The van der Waals surface area contributed by atoms with Crippen LogP contribution in [0.25, 0.3) is 0 Å². The number of carboxylic acids is 1. The lowest BCUT2D eigenvalue weighted by atomic mass is 9.89. The molecule has 24 heavy (non-hydrogen) atoms. The Morgan fingerprint density at radius 3 is 2.25 bits per heavy atom. The molecule has 1 aromatic heterocycles. The molecular formula is C20H30N2O2. The SMILES string of the molecule is C#Cc1nc(C(=O)O)ncc1CCCCCCCCCC(C)(C)C. The molecule has 0 aromatic carbocycles. The number of carbonyl (C=O) groups is 1. The van der Waals surface area contributed by atoms with Crippen LogP contribution in [0, 0.1) is 17.8 Å². The molecule has 0 aliphatic carbocycles. The second-order valence-electron chi connectivity index (χ2n) is 7.55. The smallest absolute Gasteiger partial charge is 0.373 e. The molecule has 0 saturated carbocycles. The number of aromatic nitrogens is 2. The molecule has 132 valence electrons. The van der Waals surface area contributed by atoms with Crippen molar-refractivity contribution in [3.63, 3.8) is 0 Å². The first-order valence-corrected chi connectivity index (χ1v) is 8.89. The van der Waals surface area contributed by atoms with E-state index in [-0.39, 0.29) is 5.82 Å². The molecule has 1 aromatic rings. The second kappa shape index (κ2) is 10.1. The Balaban J connectivity index is 2.20. The number of terminal acetylenes is 1. The third-order valence-corrected chi connectivity index (χ3v) is 4.07. The third-order valence-electron chi connectivity index (χ3n) is 4.07. The molecule has 1 heterocycles. The molecule has 4 heteroatoms. The number of aryl methyl sites for hydroxylation is 1. The van der Waals surface area contributed by atoms with Crippen LogP contribution >= 0.6 is 0 Å². The second-order valence-corrected chi connectivity index (χ2v) is 7.55. The highest BCUT2D eigenvalue weighted by atomic mass is 16.4. The van der Waals surface area contributed by atoms with Crippen LogP contribution in [0.2, 0.25) is 0 Å². The van der Waals surface area contributed by atoms with E-state index in [1.165, 1.54) is 38.5 Å². The molecule has 0 radical (unpaired) electrons. The number of hydrogen-bond acceptors (Lipinski definition) is 3. The summed E-state index contributed by atoms with van der Waals surface area (Å²) in [4.78, 5) is 18.6. The Morgan fingerprint density at radius 2 is 1.71 bits per heavy atom. The van der Waals surface area contributed by atoms with Crippen molar-refractivity contribution in [2.24, 2.45) is 5.41 Å². The minimum absolute atomic E-state index is 0.234. The van der Waals surface area contributed by atoms with Gasteiger partial charge in [-0.3, -0.25) is 0 Å². The van der Waals surface area contributed by atoms with Gasteiger partial charge in [-0.05, 0) is 30.6 Å². The van der Waals surface area contributed by atoms with E-state index >= 15 is 0 Å². The summed E-state index contributed by atoms with van der Waals surface area (Å²) in [5, 5.41) is 8.88. The number of rotatable bonds is 10. The Bertz CT molecular complexity index is 568. The third kappa shape index (κ3) is 8.10. The van der Waals surface area contributed by atoms with Gasteiger partial charge in [0, 0.05) is 11.8 Å². The number of aromatic carboxylic acids is 1. The average Bonchev–Trinajstić information content (AvgIpc) is 2.52. The fourth-order valence-electron chi connectivity index (χ4n) is 2.67. The predicted octanol–water partition coefficient (Wildman–Crippen LogP) is 4.87. The van der Waals surface area contributed by atoms with Crippen molar-refractivity contribution >= 4 is 5.97 Å². The fraction of sp³-hybridized carbons (Fsp3) is 0.650. The van der Waals surface area contributed by atoms with Crippen molar-refractivity contribution < 1.29 is 9.90 Å². The molecule has 1 N–H and O–H groups in total. The summed E-state index contributed by atoms with van der Waals surface area (Å²) >= 11 is 0. The van der Waals surface area contributed by atoms with Gasteiger partial charge in [-0.2, -0.15) is 0 Å². The molecule has 0 fully saturated rings. The maximum atomic E-state index is 10.8. The van der Waals surface area contributed by atoms with Crippen molar-refractivity contribution in [1.29, 1.82) is 0 Å². The Labute approximate surface area is 146 Å². The zero-order valence-corrected chi connectivity index (χ0v) is 15.3. The van der Waals surface area contributed by atoms with E-state index in [9.17, 15) is 4.79 Å². The van der Waals surface area contributed by atoms with Crippen LogP contribution in [-0.4, -0.2) is 21.0 Å². The van der Waals surface area contributed by atoms with E-state index in [2.05, 4.69) is 36.7 Å². The van der Waals surface area contributed by atoms with Crippen molar-refractivity contribution in [3.8, 4) is 12.3 Å². The van der Waals surface area contributed by atoms with Crippen molar-refractivity contribution in [2.45, 2.75) is 78.6 Å². The van der Waals surface area contributed by atoms with E-state index in [1.54, 1.807) is 6.20 Å². The maximum absolute atomic E-state index is 10.8. The van der Waals surface area contributed by atoms with Crippen LogP contribution in [0.15, 0.2) is 6.20 Å². The molecule has 0 atom stereocenters. The minimum atomic E-state index is -1.15. The van der Waals surface area contributed by atoms with Gasteiger partial charge >= 0.3 is 5.97 Å². The molecule has 0 aliphatic heterocycles. The maximum Gasteiger partial charge on any atom is 0.373 e. The lowest BCUT2D eigenvalue weighted by Gasteiger charge is -2.17. The van der Waals surface area contributed by atoms with Gasteiger partial charge in [0.2, 0.25) is 5.82 Å². The van der Waals surface area contributed by atoms with Crippen LogP contribution < -0.4 is 0 Å². The van der Waals surface area contributed by atoms with Gasteiger partial charge in [0.15, 0.2) is 0 Å². The van der Waals surface area contributed by atoms with Gasteiger partial charge in [-0.1, -0.05) is 59.3 Å². The number of unbranched alkanes of at least 4 members (excludes halogenated alkanes) is 6. The van der Waals surface area contributed by atoms with E-state index in [4.69, 9.17) is 11.5 Å². The highest BCUT2D eigenvalue weighted by Crippen LogP contribution is 2.22. The van der Waals surface area contributed by atoms with Crippen LogP contribution in [0.1, 0.15) is 94.0 Å². The predicted molar refractivity (Wildman–Crippen MR) is 97.0 cm³/mol. The Morgan fingerprint density at radius 1 is 1.12 bits per heavy atom. The van der Waals surface area contributed by atoms with Crippen LogP contribution in [0.4, 0.5) is 0 Å². The summed E-state index contributed by atoms with van der Waals surface area (Å²) in [6.45, 7) is 6.89. The Hall–Kier alpha value is -1.89. The summed E-state index contributed by atoms with van der Waals surface area (Å²) in [6.07, 6.45) is 17.7. The fourth-order valence-corrected chi connectivity index (χ4v) is 2.67. The Kier molecular flexibility index (Phi) is 8.46. The lowest BCUT2D eigenvalue weighted by molar-refractivity contribution is 0.0683. The molecule has 0 amide bonds. The van der Waals surface area contributed by atoms with Crippen molar-refractivity contribution in [1.82, 2.24) is 9.97 Å². The molecule has 0 spiro atoms. The van der Waals surface area contributed by atoms with Gasteiger partial charge in [0.05, 0.1) is 0 Å². The quantitative estimate of drug-likeness (QED) is 0.491. The topological polar surface area (TPSA) is 63.1 Å². The molecule has 0 aliphatic rings. The highest BCUT2D eigenvalue weighted by Gasteiger charge is 2.11. The largest absolute Gasteiger partial charge is 0.475 e. The van der Waals surface area contributed by atoms with Crippen molar-refractivity contribution in [3.05, 3.63) is 23.3 Å². The van der Waals surface area contributed by atoms with Gasteiger partial charge in [0.25, 0.3) is 0 Å². The number of carboxylic acid groups (broad SMARTS) is 1. The number of nitrogens with zero attached hydrogens (tertiary/aromatic N) is 2. The van der Waals surface area contributed by atoms with Crippen molar-refractivity contribution in [2.75, 3.05) is 0 Å². The summed E-state index contributed by atoms with van der Waals surface area (Å²) in [7, 11) is 0. The molecule has 0 bridgehead atoms. The monoisotopic (exact) mass is 330 g/mol. The van der Waals surface area contributed by atoms with E-state index < -0.39 is 5.97 Å². The van der Waals surface area contributed by atoms with Crippen LogP contribution in [0.5, 0.6) is 0 Å². The summed E-state index contributed by atoms with van der Waals surface area (Å²) in [5.41, 5.74) is 1.73. The highest BCUT2D eigenvalue weighted by molar-refractivity contribution is 5.83. The molecular weight excluding hydrogens is 300 g/mol. The average molecular weight is 330 g/mol. The number of hydrogen-bond donors (Lipinski definition) is 1. The minimum Gasteiger partial charge on any atom is -0.475 e. The van der Waals surface area contributed by atoms with E-state index in [1.807, 2.05) is 0 Å². The summed E-state index contributed by atoms with van der Waals surface area (Å²) < 4.78 is 0. The normalized spacial score (nSPS) is 11.2. The first-order chi connectivity index (χ1) is 11.3. The van der Waals surface area contributed by atoms with Gasteiger partial charge < -0.3 is 5.11 Å². The van der Waals surface area contributed by atoms with E-state index in [0.29, 0.717) is 11.1 Å². The van der Waals surface area contributed by atoms with Crippen LogP contribution in [0.3, 0.4) is 0 Å². The summed E-state index contributed by atoms with van der Waals surface area (Å²) in [6, 6.07) is 0. The molecule has 4 nitrogen and oxygen atoms in total. The first kappa shape index (κ1) is 20.2. The van der Waals surface area contributed by atoms with Crippen LogP contribution in [-0.2, 0) is 6.42 Å². The summed E-state index contributed by atoms with van der Waals surface area (Å²) in [5.74, 6) is 1.08.